The Morgan fingerprint density at radius 3 is 2.52 bits per heavy atom. The Bertz CT molecular complexity index is 659. The minimum Gasteiger partial charge on any atom is -0.493 e. The van der Waals surface area contributed by atoms with Gasteiger partial charge in [0.25, 0.3) is 5.91 Å². The first-order chi connectivity index (χ1) is 10.8. The first-order valence-electron chi connectivity index (χ1n) is 7.70. The van der Waals surface area contributed by atoms with Gasteiger partial charge in [-0.15, -0.1) is 0 Å². The minimum absolute atomic E-state index is 0.0551. The molecular weight excluding hydrogens is 321 g/mol. The van der Waals surface area contributed by atoms with Gasteiger partial charge in [0.05, 0.1) is 23.7 Å². The molecule has 0 atom stereocenters. The molecule has 128 valence electrons. The minimum atomic E-state index is -3.07. The normalized spacial score (nSPS) is 17.3. The number of ether oxygens (including phenoxy) is 1. The summed E-state index contributed by atoms with van der Waals surface area (Å²) in [4.78, 5) is 13.7. The molecule has 0 bridgehead atoms. The van der Waals surface area contributed by atoms with Gasteiger partial charge in [0.1, 0.15) is 11.6 Å². The van der Waals surface area contributed by atoms with E-state index in [0.717, 1.165) is 6.42 Å². The zero-order chi connectivity index (χ0) is 17.0. The number of rotatable bonds is 5. The van der Waals surface area contributed by atoms with Crippen molar-refractivity contribution in [3.05, 3.63) is 29.6 Å². The maximum atomic E-state index is 14.1. The van der Waals surface area contributed by atoms with Gasteiger partial charge in [-0.2, -0.15) is 0 Å². The van der Waals surface area contributed by atoms with Crippen LogP contribution in [0.2, 0.25) is 0 Å². The summed E-state index contributed by atoms with van der Waals surface area (Å²) in [6, 6.07) is 4.16. The van der Waals surface area contributed by atoms with Gasteiger partial charge < -0.3 is 9.64 Å². The third-order valence-electron chi connectivity index (χ3n) is 3.77. The Morgan fingerprint density at radius 2 is 1.96 bits per heavy atom. The summed E-state index contributed by atoms with van der Waals surface area (Å²) in [6.45, 7) is 4.85. The molecule has 0 aromatic heterocycles. The Morgan fingerprint density at radius 1 is 1.30 bits per heavy atom. The number of nitrogens with zero attached hydrogens (tertiary/aromatic N) is 1. The van der Waals surface area contributed by atoms with Crippen molar-refractivity contribution in [1.29, 1.82) is 0 Å². The van der Waals surface area contributed by atoms with Gasteiger partial charge >= 0.3 is 0 Å². The molecule has 1 saturated heterocycles. The smallest absolute Gasteiger partial charge is 0.256 e. The second kappa shape index (κ2) is 7.29. The van der Waals surface area contributed by atoms with Crippen molar-refractivity contribution < 1.29 is 22.3 Å². The SMILES string of the molecule is CC(C)CCOc1ccc(C(=O)N2CCS(=O)(=O)CC2)c(F)c1. The van der Waals surface area contributed by atoms with E-state index < -0.39 is 21.6 Å². The molecule has 0 radical (unpaired) electrons. The van der Waals surface area contributed by atoms with E-state index in [0.29, 0.717) is 18.3 Å². The van der Waals surface area contributed by atoms with Gasteiger partial charge in [-0.1, -0.05) is 13.8 Å². The lowest BCUT2D eigenvalue weighted by Crippen LogP contribution is -2.44. The number of sulfone groups is 1. The number of hydrogen-bond acceptors (Lipinski definition) is 4. The molecule has 1 heterocycles. The molecule has 1 aliphatic heterocycles. The van der Waals surface area contributed by atoms with Crippen molar-refractivity contribution in [1.82, 2.24) is 4.90 Å². The molecule has 1 fully saturated rings. The summed E-state index contributed by atoms with van der Waals surface area (Å²) < 4.78 is 42.4. The number of carbonyl (C=O) groups excluding carboxylic acids is 1. The molecule has 0 unspecified atom stereocenters. The first-order valence-corrected chi connectivity index (χ1v) is 9.53. The number of amides is 1. The summed E-state index contributed by atoms with van der Waals surface area (Å²) in [7, 11) is -3.07. The maximum absolute atomic E-state index is 14.1. The topological polar surface area (TPSA) is 63.7 Å². The molecule has 7 heteroatoms. The fraction of sp³-hybridized carbons (Fsp3) is 0.562. The van der Waals surface area contributed by atoms with E-state index in [1.807, 2.05) is 0 Å². The highest BCUT2D eigenvalue weighted by atomic mass is 32.2. The van der Waals surface area contributed by atoms with Crippen LogP contribution < -0.4 is 4.74 Å². The Hall–Kier alpha value is -1.63. The second-order valence-corrected chi connectivity index (χ2v) is 8.42. The summed E-state index contributed by atoms with van der Waals surface area (Å²) >= 11 is 0. The fourth-order valence-electron chi connectivity index (χ4n) is 2.26. The van der Waals surface area contributed by atoms with Gasteiger partial charge in [0.15, 0.2) is 9.84 Å². The molecule has 0 spiro atoms. The van der Waals surface area contributed by atoms with Crippen molar-refractivity contribution in [3.63, 3.8) is 0 Å². The van der Waals surface area contributed by atoms with Crippen molar-refractivity contribution in [2.75, 3.05) is 31.2 Å². The molecule has 0 saturated carbocycles. The fourth-order valence-corrected chi connectivity index (χ4v) is 3.46. The van der Waals surface area contributed by atoms with E-state index in [4.69, 9.17) is 4.74 Å². The first kappa shape index (κ1) is 17.7. The molecule has 1 aliphatic rings. The molecule has 2 rings (SSSR count). The van der Waals surface area contributed by atoms with Crippen LogP contribution >= 0.6 is 0 Å². The Kier molecular flexibility index (Phi) is 5.62. The largest absolute Gasteiger partial charge is 0.493 e. The molecule has 1 aromatic rings. The highest BCUT2D eigenvalue weighted by molar-refractivity contribution is 7.91. The Balaban J connectivity index is 2.01. The molecule has 1 amide bonds. The molecule has 0 aliphatic carbocycles. The van der Waals surface area contributed by atoms with Gasteiger partial charge in [-0.3, -0.25) is 4.79 Å². The van der Waals surface area contributed by atoms with Crippen molar-refractivity contribution in [2.24, 2.45) is 5.92 Å². The van der Waals surface area contributed by atoms with E-state index in [2.05, 4.69) is 13.8 Å². The third kappa shape index (κ3) is 4.92. The van der Waals surface area contributed by atoms with Crippen LogP contribution in [0.4, 0.5) is 4.39 Å². The molecule has 0 N–H and O–H groups in total. The zero-order valence-electron chi connectivity index (χ0n) is 13.4. The second-order valence-electron chi connectivity index (χ2n) is 6.12. The highest BCUT2D eigenvalue weighted by Gasteiger charge is 2.27. The van der Waals surface area contributed by atoms with Gasteiger partial charge in [-0.05, 0) is 24.5 Å². The van der Waals surface area contributed by atoms with E-state index >= 15 is 0 Å². The van der Waals surface area contributed by atoms with Crippen molar-refractivity contribution in [3.8, 4) is 5.75 Å². The zero-order valence-corrected chi connectivity index (χ0v) is 14.2. The van der Waals surface area contributed by atoms with E-state index in [1.165, 1.54) is 17.0 Å². The average molecular weight is 343 g/mol. The number of hydrogen-bond donors (Lipinski definition) is 0. The van der Waals surface area contributed by atoms with Crippen LogP contribution in [0.25, 0.3) is 0 Å². The summed E-state index contributed by atoms with van der Waals surface area (Å²) in [5.41, 5.74) is -0.0551. The van der Waals surface area contributed by atoms with Gasteiger partial charge in [0, 0.05) is 19.2 Å². The van der Waals surface area contributed by atoms with E-state index in [1.54, 1.807) is 6.07 Å². The lowest BCUT2D eigenvalue weighted by molar-refractivity contribution is 0.0765. The average Bonchev–Trinajstić information content (AvgIpc) is 2.46. The van der Waals surface area contributed by atoms with Crippen LogP contribution in [0.1, 0.15) is 30.6 Å². The third-order valence-corrected chi connectivity index (χ3v) is 5.38. The van der Waals surface area contributed by atoms with Crippen molar-refractivity contribution >= 4 is 15.7 Å². The van der Waals surface area contributed by atoms with E-state index in [-0.39, 0.29) is 30.2 Å². The van der Waals surface area contributed by atoms with Gasteiger partial charge in [0.2, 0.25) is 0 Å². The number of carbonyl (C=O) groups is 1. The van der Waals surface area contributed by atoms with Crippen LogP contribution in [-0.2, 0) is 9.84 Å². The number of benzene rings is 1. The summed E-state index contributed by atoms with van der Waals surface area (Å²) in [5, 5.41) is 0. The number of halogens is 1. The molecule has 23 heavy (non-hydrogen) atoms. The summed E-state index contributed by atoms with van der Waals surface area (Å²) in [5.74, 6) is -0.387. The van der Waals surface area contributed by atoms with Crippen LogP contribution in [0.15, 0.2) is 18.2 Å². The maximum Gasteiger partial charge on any atom is 0.256 e. The predicted octanol–water partition coefficient (Wildman–Crippen LogP) is 2.12. The monoisotopic (exact) mass is 343 g/mol. The van der Waals surface area contributed by atoms with Crippen LogP contribution in [0, 0.1) is 11.7 Å². The standard InChI is InChI=1S/C16H22FNO4S/c1-12(2)5-8-22-13-3-4-14(15(17)11-13)16(19)18-6-9-23(20,21)10-7-18/h3-4,11-12H,5-10H2,1-2H3. The lowest BCUT2D eigenvalue weighted by Gasteiger charge is -2.26. The van der Waals surface area contributed by atoms with Gasteiger partial charge in [-0.25, -0.2) is 12.8 Å². The molecule has 1 aromatic carbocycles. The molecular formula is C16H22FNO4S. The molecule has 5 nitrogen and oxygen atoms in total. The lowest BCUT2D eigenvalue weighted by atomic mass is 10.1. The quantitative estimate of drug-likeness (QED) is 0.821. The highest BCUT2D eigenvalue weighted by Crippen LogP contribution is 2.19. The summed E-state index contributed by atoms with van der Waals surface area (Å²) in [6.07, 6.45) is 0.866. The van der Waals surface area contributed by atoms with Crippen molar-refractivity contribution in [2.45, 2.75) is 20.3 Å². The van der Waals surface area contributed by atoms with Crippen LogP contribution in [0.3, 0.4) is 0 Å². The van der Waals surface area contributed by atoms with E-state index in [9.17, 15) is 17.6 Å². The predicted molar refractivity (Wildman–Crippen MR) is 85.9 cm³/mol. The van der Waals surface area contributed by atoms with Crippen LogP contribution in [-0.4, -0.2) is 50.4 Å². The van der Waals surface area contributed by atoms with Crippen LogP contribution in [0.5, 0.6) is 5.75 Å². The Labute approximate surface area is 136 Å².